The third kappa shape index (κ3) is 2.34. The Balaban J connectivity index is 3.12. The first-order valence-corrected chi connectivity index (χ1v) is 4.90. The van der Waals surface area contributed by atoms with Crippen LogP contribution in [-0.4, -0.2) is 6.29 Å². The molecule has 0 heterocycles. The fraction of sp³-hybridized carbons (Fsp3) is 0.364. The highest BCUT2D eigenvalue weighted by atomic mass is 32.1. The standard InChI is InChI=1S/C11H14OS/c1-3-9-6-10(13)4-5-11(9)8(2)7-12/h4-8,13H,3H2,1-2H3. The lowest BCUT2D eigenvalue weighted by Gasteiger charge is -2.10. The van der Waals surface area contributed by atoms with E-state index in [-0.39, 0.29) is 5.92 Å². The third-order valence-corrected chi connectivity index (χ3v) is 2.48. The van der Waals surface area contributed by atoms with Crippen molar-refractivity contribution in [3.8, 4) is 0 Å². The van der Waals surface area contributed by atoms with Crippen molar-refractivity contribution in [1.29, 1.82) is 0 Å². The summed E-state index contributed by atoms with van der Waals surface area (Å²) < 4.78 is 0. The van der Waals surface area contributed by atoms with Gasteiger partial charge in [-0.15, -0.1) is 12.6 Å². The van der Waals surface area contributed by atoms with Gasteiger partial charge in [0.1, 0.15) is 6.29 Å². The third-order valence-electron chi connectivity index (χ3n) is 2.20. The Morgan fingerprint density at radius 2 is 2.23 bits per heavy atom. The molecule has 0 bridgehead atoms. The maximum atomic E-state index is 10.6. The number of aldehydes is 1. The molecule has 0 spiro atoms. The Kier molecular flexibility index (Phi) is 3.55. The quantitative estimate of drug-likeness (QED) is 0.578. The van der Waals surface area contributed by atoms with E-state index in [1.165, 1.54) is 5.56 Å². The molecule has 0 saturated heterocycles. The smallest absolute Gasteiger partial charge is 0.127 e. The first-order chi connectivity index (χ1) is 6.19. The van der Waals surface area contributed by atoms with Gasteiger partial charge in [0.05, 0.1) is 0 Å². The molecule has 1 unspecified atom stereocenters. The summed E-state index contributed by atoms with van der Waals surface area (Å²) in [4.78, 5) is 11.6. The summed E-state index contributed by atoms with van der Waals surface area (Å²) in [6.07, 6.45) is 1.93. The van der Waals surface area contributed by atoms with E-state index in [2.05, 4.69) is 19.6 Å². The van der Waals surface area contributed by atoms with Crippen LogP contribution in [0.3, 0.4) is 0 Å². The van der Waals surface area contributed by atoms with Gasteiger partial charge in [0, 0.05) is 10.8 Å². The highest BCUT2D eigenvalue weighted by Gasteiger charge is 2.08. The predicted molar refractivity (Wildman–Crippen MR) is 57.6 cm³/mol. The van der Waals surface area contributed by atoms with E-state index < -0.39 is 0 Å². The Morgan fingerprint density at radius 1 is 1.54 bits per heavy atom. The number of carbonyl (C=O) groups excluding carboxylic acids is 1. The van der Waals surface area contributed by atoms with Crippen LogP contribution in [0.1, 0.15) is 30.9 Å². The molecule has 2 heteroatoms. The predicted octanol–water partition coefficient (Wildman–Crippen LogP) is 2.84. The molecule has 0 saturated carbocycles. The monoisotopic (exact) mass is 194 g/mol. The topological polar surface area (TPSA) is 17.1 Å². The van der Waals surface area contributed by atoms with Crippen LogP contribution >= 0.6 is 12.6 Å². The second-order valence-corrected chi connectivity index (χ2v) is 3.68. The lowest BCUT2D eigenvalue weighted by Crippen LogP contribution is -1.99. The number of rotatable bonds is 3. The number of carbonyl (C=O) groups is 1. The van der Waals surface area contributed by atoms with Crippen molar-refractivity contribution in [3.63, 3.8) is 0 Å². The molecule has 0 aliphatic carbocycles. The van der Waals surface area contributed by atoms with Crippen LogP contribution in [0.4, 0.5) is 0 Å². The normalized spacial score (nSPS) is 12.5. The van der Waals surface area contributed by atoms with Crippen molar-refractivity contribution in [2.24, 2.45) is 0 Å². The summed E-state index contributed by atoms with van der Waals surface area (Å²) in [5, 5.41) is 0. The Morgan fingerprint density at radius 3 is 2.77 bits per heavy atom. The highest BCUT2D eigenvalue weighted by molar-refractivity contribution is 7.80. The van der Waals surface area contributed by atoms with Crippen LogP contribution < -0.4 is 0 Å². The fourth-order valence-electron chi connectivity index (χ4n) is 1.42. The minimum atomic E-state index is -0.0103. The van der Waals surface area contributed by atoms with Gasteiger partial charge in [0.2, 0.25) is 0 Å². The zero-order valence-electron chi connectivity index (χ0n) is 7.95. The van der Waals surface area contributed by atoms with Crippen molar-refractivity contribution < 1.29 is 4.79 Å². The van der Waals surface area contributed by atoms with E-state index in [1.54, 1.807) is 0 Å². The molecule has 1 rings (SSSR count). The molecular weight excluding hydrogens is 180 g/mol. The Bertz CT molecular complexity index is 307. The molecule has 0 aliphatic heterocycles. The fourth-order valence-corrected chi connectivity index (χ4v) is 1.65. The van der Waals surface area contributed by atoms with Gasteiger partial charge in [-0.2, -0.15) is 0 Å². The van der Waals surface area contributed by atoms with Crippen molar-refractivity contribution in [2.45, 2.75) is 31.1 Å². The van der Waals surface area contributed by atoms with Gasteiger partial charge in [0.15, 0.2) is 0 Å². The first kappa shape index (κ1) is 10.3. The van der Waals surface area contributed by atoms with Crippen LogP contribution in [0, 0.1) is 0 Å². The van der Waals surface area contributed by atoms with Gasteiger partial charge in [-0.25, -0.2) is 0 Å². The van der Waals surface area contributed by atoms with Gasteiger partial charge in [-0.1, -0.05) is 19.9 Å². The number of hydrogen-bond donors (Lipinski definition) is 1. The molecule has 1 atom stereocenters. The van der Waals surface area contributed by atoms with Gasteiger partial charge >= 0.3 is 0 Å². The lowest BCUT2D eigenvalue weighted by molar-refractivity contribution is -0.108. The molecule has 1 nitrogen and oxygen atoms in total. The van der Waals surface area contributed by atoms with Gasteiger partial charge < -0.3 is 4.79 Å². The second-order valence-electron chi connectivity index (χ2n) is 3.16. The molecule has 0 aliphatic rings. The summed E-state index contributed by atoms with van der Waals surface area (Å²) >= 11 is 4.26. The average Bonchev–Trinajstić information content (AvgIpc) is 2.16. The van der Waals surface area contributed by atoms with E-state index in [1.807, 2.05) is 25.1 Å². The summed E-state index contributed by atoms with van der Waals surface area (Å²) in [5.74, 6) is -0.0103. The van der Waals surface area contributed by atoms with Crippen LogP contribution in [0.2, 0.25) is 0 Å². The zero-order chi connectivity index (χ0) is 9.84. The summed E-state index contributed by atoms with van der Waals surface area (Å²) in [7, 11) is 0. The Hall–Kier alpha value is -0.760. The highest BCUT2D eigenvalue weighted by Crippen LogP contribution is 2.21. The van der Waals surface area contributed by atoms with Gasteiger partial charge in [-0.05, 0) is 29.7 Å². The molecule has 0 fully saturated rings. The molecular formula is C11H14OS. The Labute approximate surface area is 84.6 Å². The van der Waals surface area contributed by atoms with Crippen molar-refractivity contribution >= 4 is 18.9 Å². The lowest BCUT2D eigenvalue weighted by atomic mass is 9.95. The summed E-state index contributed by atoms with van der Waals surface area (Å²) in [6.45, 7) is 4.00. The van der Waals surface area contributed by atoms with E-state index in [9.17, 15) is 4.79 Å². The molecule has 13 heavy (non-hydrogen) atoms. The van der Waals surface area contributed by atoms with Crippen molar-refractivity contribution in [2.75, 3.05) is 0 Å². The first-order valence-electron chi connectivity index (χ1n) is 4.46. The van der Waals surface area contributed by atoms with E-state index in [0.717, 1.165) is 23.2 Å². The van der Waals surface area contributed by atoms with Crippen molar-refractivity contribution in [3.05, 3.63) is 29.3 Å². The van der Waals surface area contributed by atoms with Crippen LogP contribution in [0.5, 0.6) is 0 Å². The maximum absolute atomic E-state index is 10.6. The number of aryl methyl sites for hydroxylation is 1. The minimum absolute atomic E-state index is 0.0103. The van der Waals surface area contributed by atoms with Crippen molar-refractivity contribution in [1.82, 2.24) is 0 Å². The number of hydrogen-bond acceptors (Lipinski definition) is 2. The molecule has 0 aromatic heterocycles. The second kappa shape index (κ2) is 4.47. The molecule has 0 amide bonds. The van der Waals surface area contributed by atoms with E-state index in [4.69, 9.17) is 0 Å². The molecule has 0 radical (unpaired) electrons. The van der Waals surface area contributed by atoms with E-state index in [0.29, 0.717) is 0 Å². The van der Waals surface area contributed by atoms with Crippen LogP contribution in [-0.2, 0) is 11.2 Å². The molecule has 1 aromatic rings. The number of benzene rings is 1. The summed E-state index contributed by atoms with van der Waals surface area (Å²) in [6, 6.07) is 5.94. The molecule has 70 valence electrons. The summed E-state index contributed by atoms with van der Waals surface area (Å²) in [5.41, 5.74) is 2.34. The van der Waals surface area contributed by atoms with Gasteiger partial charge in [0.25, 0.3) is 0 Å². The average molecular weight is 194 g/mol. The largest absolute Gasteiger partial charge is 0.303 e. The number of thiol groups is 1. The molecule has 0 N–H and O–H groups in total. The zero-order valence-corrected chi connectivity index (χ0v) is 8.84. The van der Waals surface area contributed by atoms with Gasteiger partial charge in [-0.3, -0.25) is 0 Å². The minimum Gasteiger partial charge on any atom is -0.303 e. The van der Waals surface area contributed by atoms with E-state index >= 15 is 0 Å². The van der Waals surface area contributed by atoms with Crippen LogP contribution in [0.25, 0.3) is 0 Å². The SMILES string of the molecule is CCc1cc(S)ccc1C(C)C=O. The van der Waals surface area contributed by atoms with Crippen LogP contribution in [0.15, 0.2) is 23.1 Å². The molecule has 1 aromatic carbocycles. The maximum Gasteiger partial charge on any atom is 0.127 e.